The first-order valence-corrected chi connectivity index (χ1v) is 7.43. The Labute approximate surface area is 134 Å². The van der Waals surface area contributed by atoms with E-state index in [2.05, 4.69) is 9.97 Å². The fourth-order valence-electron chi connectivity index (χ4n) is 2.44. The lowest BCUT2D eigenvalue weighted by Crippen LogP contribution is -2.21. The van der Waals surface area contributed by atoms with Gasteiger partial charge in [-0.3, -0.25) is 4.79 Å². The molecule has 1 N–H and O–H groups in total. The van der Waals surface area contributed by atoms with Crippen LogP contribution in [0.15, 0.2) is 42.5 Å². The molecule has 0 aliphatic rings. The minimum Gasteiger partial charge on any atom is -0.487 e. The summed E-state index contributed by atoms with van der Waals surface area (Å²) < 4.78 is 5.94. The fourth-order valence-corrected chi connectivity index (χ4v) is 2.44. The highest BCUT2D eigenvalue weighted by molar-refractivity contribution is 5.98. The Hall–Kier alpha value is -2.82. The number of imidazole rings is 1. The van der Waals surface area contributed by atoms with Crippen molar-refractivity contribution in [1.29, 1.82) is 0 Å². The van der Waals surface area contributed by atoms with Gasteiger partial charge < -0.3 is 14.6 Å². The smallest absolute Gasteiger partial charge is 0.253 e. The summed E-state index contributed by atoms with van der Waals surface area (Å²) in [5.41, 5.74) is 3.19. The maximum atomic E-state index is 12.3. The Balaban J connectivity index is 1.98. The second kappa shape index (κ2) is 6.12. The number of benzene rings is 2. The van der Waals surface area contributed by atoms with Gasteiger partial charge in [-0.1, -0.05) is 30.3 Å². The van der Waals surface area contributed by atoms with Crippen LogP contribution in [0.5, 0.6) is 5.75 Å². The van der Waals surface area contributed by atoms with Crippen LogP contribution in [-0.2, 0) is 6.61 Å². The first-order valence-electron chi connectivity index (χ1n) is 7.43. The summed E-state index contributed by atoms with van der Waals surface area (Å²) in [7, 11) is 3.46. The number of nitrogens with one attached hydrogen (secondary N) is 1. The molecule has 0 bridgehead atoms. The van der Waals surface area contributed by atoms with Crippen LogP contribution in [0.1, 0.15) is 21.7 Å². The summed E-state index contributed by atoms with van der Waals surface area (Å²) in [6.45, 7) is 2.32. The van der Waals surface area contributed by atoms with Gasteiger partial charge in [0.1, 0.15) is 23.7 Å². The van der Waals surface area contributed by atoms with E-state index in [9.17, 15) is 4.79 Å². The maximum Gasteiger partial charge on any atom is 0.253 e. The van der Waals surface area contributed by atoms with Gasteiger partial charge in [0.15, 0.2) is 0 Å². The Morgan fingerprint density at radius 2 is 1.96 bits per heavy atom. The molecule has 0 unspecified atom stereocenters. The average molecular weight is 309 g/mol. The van der Waals surface area contributed by atoms with Crippen LogP contribution in [0.4, 0.5) is 0 Å². The Morgan fingerprint density at radius 3 is 2.65 bits per heavy atom. The standard InChI is InChI=1S/C18H19N3O2/c1-12-19-15-9-14(18(22)21(2)3)10-16(17(15)20-12)23-11-13-7-5-4-6-8-13/h4-10H,11H2,1-3H3,(H,19,20). The number of aromatic nitrogens is 2. The van der Waals surface area contributed by atoms with E-state index in [-0.39, 0.29) is 5.91 Å². The number of hydrogen-bond acceptors (Lipinski definition) is 3. The normalized spacial score (nSPS) is 10.7. The molecule has 0 saturated carbocycles. The number of H-pyrrole nitrogens is 1. The van der Waals surface area contributed by atoms with E-state index in [0.717, 1.165) is 22.4 Å². The Bertz CT molecular complexity index is 838. The average Bonchev–Trinajstić information content (AvgIpc) is 2.92. The molecule has 0 spiro atoms. The van der Waals surface area contributed by atoms with Crippen LogP contribution in [0, 0.1) is 6.92 Å². The molecule has 2 aromatic carbocycles. The first kappa shape index (κ1) is 15.1. The van der Waals surface area contributed by atoms with E-state index in [1.165, 1.54) is 0 Å². The molecule has 5 heteroatoms. The van der Waals surface area contributed by atoms with Crippen LogP contribution >= 0.6 is 0 Å². The van der Waals surface area contributed by atoms with Crippen molar-refractivity contribution in [1.82, 2.24) is 14.9 Å². The molecule has 0 aliphatic carbocycles. The van der Waals surface area contributed by atoms with Gasteiger partial charge in [0.25, 0.3) is 5.91 Å². The van der Waals surface area contributed by atoms with Crippen molar-refractivity contribution in [3.63, 3.8) is 0 Å². The third kappa shape index (κ3) is 3.18. The molecule has 1 amide bonds. The number of hydrogen-bond donors (Lipinski definition) is 1. The molecule has 0 radical (unpaired) electrons. The number of ether oxygens (including phenoxy) is 1. The summed E-state index contributed by atoms with van der Waals surface area (Å²) in [6, 6.07) is 13.5. The quantitative estimate of drug-likeness (QED) is 0.805. The van der Waals surface area contributed by atoms with Crippen LogP contribution in [0.3, 0.4) is 0 Å². The van der Waals surface area contributed by atoms with Crippen molar-refractivity contribution in [3.05, 3.63) is 59.4 Å². The van der Waals surface area contributed by atoms with Crippen LogP contribution < -0.4 is 4.74 Å². The predicted molar refractivity (Wildman–Crippen MR) is 89.6 cm³/mol. The number of fused-ring (bicyclic) bond motifs is 1. The second-order valence-electron chi connectivity index (χ2n) is 5.67. The number of amides is 1. The highest BCUT2D eigenvalue weighted by Crippen LogP contribution is 2.27. The predicted octanol–water partition coefficient (Wildman–Crippen LogP) is 3.15. The topological polar surface area (TPSA) is 58.2 Å². The van der Waals surface area contributed by atoms with Crippen molar-refractivity contribution in [2.45, 2.75) is 13.5 Å². The van der Waals surface area contributed by atoms with Crippen molar-refractivity contribution >= 4 is 16.9 Å². The van der Waals surface area contributed by atoms with Crippen LogP contribution in [0.2, 0.25) is 0 Å². The lowest BCUT2D eigenvalue weighted by atomic mass is 10.1. The largest absolute Gasteiger partial charge is 0.487 e. The van der Waals surface area contributed by atoms with E-state index in [0.29, 0.717) is 17.9 Å². The minimum atomic E-state index is -0.0660. The molecule has 1 aromatic heterocycles. The molecule has 118 valence electrons. The number of nitrogens with zero attached hydrogens (tertiary/aromatic N) is 2. The SMILES string of the molecule is Cc1nc2c(OCc3ccccc3)cc(C(=O)N(C)C)cc2[nH]1. The highest BCUT2D eigenvalue weighted by Gasteiger charge is 2.15. The molecule has 3 rings (SSSR count). The van der Waals surface area contributed by atoms with Crippen LogP contribution in [-0.4, -0.2) is 34.9 Å². The molecular weight excluding hydrogens is 290 g/mol. The molecule has 0 saturated heterocycles. The lowest BCUT2D eigenvalue weighted by molar-refractivity contribution is 0.0827. The summed E-state index contributed by atoms with van der Waals surface area (Å²) in [4.78, 5) is 21.4. The molecule has 1 heterocycles. The van der Waals surface area contributed by atoms with E-state index in [1.807, 2.05) is 43.3 Å². The fraction of sp³-hybridized carbons (Fsp3) is 0.222. The van der Waals surface area contributed by atoms with Crippen molar-refractivity contribution in [3.8, 4) is 5.75 Å². The van der Waals surface area contributed by atoms with Crippen molar-refractivity contribution < 1.29 is 9.53 Å². The molecule has 3 aromatic rings. The summed E-state index contributed by atoms with van der Waals surface area (Å²) in [5.74, 6) is 1.34. The van der Waals surface area contributed by atoms with Gasteiger partial charge in [0, 0.05) is 19.7 Å². The number of rotatable bonds is 4. The third-order valence-electron chi connectivity index (χ3n) is 3.56. The van der Waals surface area contributed by atoms with Crippen LogP contribution in [0.25, 0.3) is 11.0 Å². The molecule has 0 atom stereocenters. The number of aryl methyl sites for hydroxylation is 1. The maximum absolute atomic E-state index is 12.3. The second-order valence-corrected chi connectivity index (χ2v) is 5.67. The zero-order chi connectivity index (χ0) is 16.4. The summed E-state index contributed by atoms with van der Waals surface area (Å²) in [6.07, 6.45) is 0. The van der Waals surface area contributed by atoms with Crippen molar-refractivity contribution in [2.24, 2.45) is 0 Å². The first-order chi connectivity index (χ1) is 11.0. The van der Waals surface area contributed by atoms with Crippen molar-refractivity contribution in [2.75, 3.05) is 14.1 Å². The van der Waals surface area contributed by atoms with E-state index >= 15 is 0 Å². The van der Waals surface area contributed by atoms with Gasteiger partial charge in [-0.15, -0.1) is 0 Å². The van der Waals surface area contributed by atoms with E-state index in [1.54, 1.807) is 25.1 Å². The molecule has 0 fully saturated rings. The zero-order valence-electron chi connectivity index (χ0n) is 13.5. The number of aromatic amines is 1. The van der Waals surface area contributed by atoms with Gasteiger partial charge in [-0.2, -0.15) is 0 Å². The molecule has 0 aliphatic heterocycles. The van der Waals surface area contributed by atoms with E-state index < -0.39 is 0 Å². The Morgan fingerprint density at radius 1 is 1.22 bits per heavy atom. The zero-order valence-corrected chi connectivity index (χ0v) is 13.5. The monoisotopic (exact) mass is 309 g/mol. The Kier molecular flexibility index (Phi) is 4.02. The minimum absolute atomic E-state index is 0.0660. The van der Waals surface area contributed by atoms with E-state index in [4.69, 9.17) is 4.74 Å². The van der Waals surface area contributed by atoms with Gasteiger partial charge in [0.05, 0.1) is 5.52 Å². The summed E-state index contributed by atoms with van der Waals surface area (Å²) in [5, 5.41) is 0. The van der Waals surface area contributed by atoms with Gasteiger partial charge >= 0.3 is 0 Å². The lowest BCUT2D eigenvalue weighted by Gasteiger charge is -2.12. The highest BCUT2D eigenvalue weighted by atomic mass is 16.5. The summed E-state index contributed by atoms with van der Waals surface area (Å²) >= 11 is 0. The molecular formula is C18H19N3O2. The third-order valence-corrected chi connectivity index (χ3v) is 3.56. The number of carbonyl (C=O) groups excluding carboxylic acids is 1. The van der Waals surface area contributed by atoms with Gasteiger partial charge in [0.2, 0.25) is 0 Å². The number of carbonyl (C=O) groups is 1. The van der Waals surface area contributed by atoms with Gasteiger partial charge in [-0.05, 0) is 24.6 Å². The molecule has 5 nitrogen and oxygen atoms in total. The van der Waals surface area contributed by atoms with Gasteiger partial charge in [-0.25, -0.2) is 4.98 Å². The molecule has 23 heavy (non-hydrogen) atoms.